The number of rotatable bonds is 6. The van der Waals surface area contributed by atoms with Crippen LogP contribution in [-0.2, 0) is 0 Å². The Balaban J connectivity index is 2.60. The van der Waals surface area contributed by atoms with Gasteiger partial charge >= 0.3 is 0 Å². The lowest BCUT2D eigenvalue weighted by Crippen LogP contribution is -2.58. The highest BCUT2D eigenvalue weighted by Gasteiger charge is 2.30. The van der Waals surface area contributed by atoms with Gasteiger partial charge in [-0.25, -0.2) is 0 Å². The van der Waals surface area contributed by atoms with Gasteiger partial charge in [0.2, 0.25) is 0 Å². The maximum Gasteiger partial charge on any atom is 0.0250 e. The summed E-state index contributed by atoms with van der Waals surface area (Å²) >= 11 is 0. The molecule has 1 rings (SSSR count). The summed E-state index contributed by atoms with van der Waals surface area (Å²) in [5, 5.41) is 3.76. The topological polar surface area (TPSA) is 15.3 Å². The van der Waals surface area contributed by atoms with Crippen LogP contribution in [0.15, 0.2) is 12.2 Å². The average Bonchev–Trinajstić information content (AvgIpc) is 2.35. The van der Waals surface area contributed by atoms with Gasteiger partial charge in [-0.15, -0.1) is 0 Å². The van der Waals surface area contributed by atoms with E-state index in [-0.39, 0.29) is 0 Å². The van der Waals surface area contributed by atoms with Crippen molar-refractivity contribution >= 4 is 0 Å². The lowest BCUT2D eigenvalue weighted by atomic mass is 9.92. The van der Waals surface area contributed by atoms with Crippen LogP contribution in [0.3, 0.4) is 0 Å². The van der Waals surface area contributed by atoms with Crippen molar-refractivity contribution < 1.29 is 0 Å². The van der Waals surface area contributed by atoms with Gasteiger partial charge in [0.05, 0.1) is 0 Å². The summed E-state index contributed by atoms with van der Waals surface area (Å²) in [4.78, 5) is 2.68. The van der Waals surface area contributed by atoms with E-state index in [9.17, 15) is 0 Å². The highest BCUT2D eigenvalue weighted by atomic mass is 15.2. The van der Waals surface area contributed by atoms with Crippen LogP contribution in [0, 0.1) is 11.8 Å². The monoisotopic (exact) mass is 252 g/mol. The Morgan fingerprint density at radius 2 is 2.06 bits per heavy atom. The molecular formula is C16H32N2. The lowest BCUT2D eigenvalue weighted by Gasteiger charge is -2.43. The molecule has 2 heteroatoms. The molecule has 1 aliphatic heterocycles. The molecule has 0 radical (unpaired) electrons. The Kier molecular flexibility index (Phi) is 6.95. The van der Waals surface area contributed by atoms with Gasteiger partial charge in [-0.2, -0.15) is 0 Å². The third-order valence-corrected chi connectivity index (χ3v) is 4.17. The molecule has 106 valence electrons. The molecule has 0 spiro atoms. The summed E-state index contributed by atoms with van der Waals surface area (Å²) in [5.74, 6) is 1.56. The van der Waals surface area contributed by atoms with Crippen molar-refractivity contribution in [3.63, 3.8) is 0 Å². The Bertz CT molecular complexity index is 247. The second kappa shape index (κ2) is 7.96. The van der Waals surface area contributed by atoms with Crippen molar-refractivity contribution in [1.29, 1.82) is 0 Å². The van der Waals surface area contributed by atoms with Crippen LogP contribution in [0.1, 0.15) is 47.5 Å². The summed E-state index contributed by atoms with van der Waals surface area (Å²) < 4.78 is 0. The predicted octanol–water partition coefficient (Wildman–Crippen LogP) is 3.30. The van der Waals surface area contributed by atoms with Crippen molar-refractivity contribution in [2.45, 2.75) is 59.5 Å². The van der Waals surface area contributed by atoms with Gasteiger partial charge in [-0.05, 0) is 25.2 Å². The van der Waals surface area contributed by atoms with Crippen molar-refractivity contribution in [2.75, 3.05) is 19.6 Å². The van der Waals surface area contributed by atoms with Crippen molar-refractivity contribution in [2.24, 2.45) is 11.8 Å². The maximum absolute atomic E-state index is 3.76. The van der Waals surface area contributed by atoms with Gasteiger partial charge in [-0.1, -0.05) is 46.3 Å². The van der Waals surface area contributed by atoms with Crippen LogP contribution in [0.4, 0.5) is 0 Å². The summed E-state index contributed by atoms with van der Waals surface area (Å²) in [5.41, 5.74) is 0. The van der Waals surface area contributed by atoms with E-state index >= 15 is 0 Å². The second-order valence-corrected chi connectivity index (χ2v) is 6.21. The quantitative estimate of drug-likeness (QED) is 0.730. The first-order valence-corrected chi connectivity index (χ1v) is 7.67. The maximum atomic E-state index is 3.76. The number of hydrogen-bond acceptors (Lipinski definition) is 2. The Labute approximate surface area is 114 Å². The molecule has 1 saturated heterocycles. The van der Waals surface area contributed by atoms with E-state index in [1.165, 1.54) is 19.4 Å². The minimum Gasteiger partial charge on any atom is -0.311 e. The second-order valence-electron chi connectivity index (χ2n) is 6.21. The van der Waals surface area contributed by atoms with E-state index in [4.69, 9.17) is 0 Å². The first-order chi connectivity index (χ1) is 8.58. The summed E-state index contributed by atoms with van der Waals surface area (Å²) in [6.07, 6.45) is 7.04. The highest BCUT2D eigenvalue weighted by molar-refractivity contribution is 4.93. The minimum atomic E-state index is 0.676. The highest BCUT2D eigenvalue weighted by Crippen LogP contribution is 2.20. The number of hydrogen-bond donors (Lipinski definition) is 1. The number of piperazine rings is 1. The van der Waals surface area contributed by atoms with Crippen molar-refractivity contribution in [3.8, 4) is 0 Å². The van der Waals surface area contributed by atoms with Gasteiger partial charge in [0.15, 0.2) is 0 Å². The first-order valence-electron chi connectivity index (χ1n) is 7.67. The SMILES string of the molecule is C/C=C/CN1CC(CC(C)C)NCC1C(C)CC. The minimum absolute atomic E-state index is 0.676. The van der Waals surface area contributed by atoms with Gasteiger partial charge in [0.25, 0.3) is 0 Å². The molecule has 3 atom stereocenters. The first kappa shape index (κ1) is 15.7. The largest absolute Gasteiger partial charge is 0.311 e. The fourth-order valence-corrected chi connectivity index (χ4v) is 2.91. The molecule has 1 N–H and O–H groups in total. The fourth-order valence-electron chi connectivity index (χ4n) is 2.91. The third kappa shape index (κ3) is 4.74. The van der Waals surface area contributed by atoms with Crippen LogP contribution < -0.4 is 5.32 Å². The van der Waals surface area contributed by atoms with Crippen LogP contribution in [0.2, 0.25) is 0 Å². The van der Waals surface area contributed by atoms with Crippen LogP contribution in [0.25, 0.3) is 0 Å². The Morgan fingerprint density at radius 3 is 2.61 bits per heavy atom. The Morgan fingerprint density at radius 1 is 1.33 bits per heavy atom. The van der Waals surface area contributed by atoms with Crippen LogP contribution >= 0.6 is 0 Å². The molecule has 0 aromatic rings. The van der Waals surface area contributed by atoms with E-state index in [0.29, 0.717) is 12.1 Å². The van der Waals surface area contributed by atoms with E-state index in [1.807, 2.05) is 0 Å². The summed E-state index contributed by atoms with van der Waals surface area (Å²) in [6, 6.07) is 1.38. The van der Waals surface area contributed by atoms with Crippen LogP contribution in [0.5, 0.6) is 0 Å². The molecule has 0 amide bonds. The molecule has 1 aliphatic rings. The molecule has 18 heavy (non-hydrogen) atoms. The zero-order valence-electron chi connectivity index (χ0n) is 12.9. The smallest absolute Gasteiger partial charge is 0.0250 e. The van der Waals surface area contributed by atoms with Gasteiger partial charge in [0, 0.05) is 31.7 Å². The lowest BCUT2D eigenvalue weighted by molar-refractivity contribution is 0.0974. The van der Waals surface area contributed by atoms with Gasteiger partial charge in [0.1, 0.15) is 0 Å². The molecule has 0 bridgehead atoms. The van der Waals surface area contributed by atoms with E-state index < -0.39 is 0 Å². The summed E-state index contributed by atoms with van der Waals surface area (Å²) in [6.45, 7) is 14.9. The van der Waals surface area contributed by atoms with E-state index in [2.05, 4.69) is 57.0 Å². The molecule has 1 fully saturated rings. The fraction of sp³-hybridized carbons (Fsp3) is 0.875. The average molecular weight is 252 g/mol. The van der Waals surface area contributed by atoms with Crippen molar-refractivity contribution in [1.82, 2.24) is 10.2 Å². The normalized spacial score (nSPS) is 28.1. The van der Waals surface area contributed by atoms with Crippen LogP contribution in [-0.4, -0.2) is 36.6 Å². The summed E-state index contributed by atoms with van der Waals surface area (Å²) in [7, 11) is 0. The number of nitrogens with one attached hydrogen (secondary N) is 1. The molecule has 0 saturated carbocycles. The number of allylic oxidation sites excluding steroid dienone is 1. The van der Waals surface area contributed by atoms with Gasteiger partial charge < -0.3 is 5.32 Å². The zero-order chi connectivity index (χ0) is 13.5. The predicted molar refractivity (Wildman–Crippen MR) is 80.9 cm³/mol. The molecule has 0 aromatic carbocycles. The van der Waals surface area contributed by atoms with E-state index in [1.54, 1.807) is 0 Å². The standard InChI is InChI=1S/C16H32N2/c1-6-8-9-18-12-15(10-13(3)4)17-11-16(18)14(5)7-2/h6,8,13-17H,7,9-12H2,1-5H3/b8-6+. The molecular weight excluding hydrogens is 220 g/mol. The molecule has 0 aromatic heterocycles. The van der Waals surface area contributed by atoms with Crippen molar-refractivity contribution in [3.05, 3.63) is 12.2 Å². The van der Waals surface area contributed by atoms with E-state index in [0.717, 1.165) is 24.9 Å². The zero-order valence-corrected chi connectivity index (χ0v) is 12.9. The third-order valence-electron chi connectivity index (χ3n) is 4.17. The molecule has 2 nitrogen and oxygen atoms in total. The number of nitrogens with zero attached hydrogens (tertiary/aromatic N) is 1. The molecule has 1 heterocycles. The molecule has 3 unspecified atom stereocenters. The molecule has 0 aliphatic carbocycles. The van der Waals surface area contributed by atoms with Gasteiger partial charge in [-0.3, -0.25) is 4.90 Å². The Hall–Kier alpha value is -0.340.